The van der Waals surface area contributed by atoms with E-state index in [4.69, 9.17) is 0 Å². The van der Waals surface area contributed by atoms with Gasteiger partial charge in [0.25, 0.3) is 0 Å². The van der Waals surface area contributed by atoms with E-state index in [9.17, 15) is 9.90 Å². The SMILES string of the molecule is CCCCCCC(CC)CCCc1ccc2ccccc2c1C(=O)O. The predicted octanol–water partition coefficient (Wildman–Crippen LogP) is 6.86. The van der Waals surface area contributed by atoms with Crippen molar-refractivity contribution in [2.75, 3.05) is 0 Å². The number of fused-ring (bicyclic) bond motifs is 1. The van der Waals surface area contributed by atoms with E-state index in [2.05, 4.69) is 19.9 Å². The van der Waals surface area contributed by atoms with Crippen LogP contribution in [-0.4, -0.2) is 11.1 Å². The fourth-order valence-corrected chi connectivity index (χ4v) is 3.77. The van der Waals surface area contributed by atoms with Crippen molar-refractivity contribution in [1.29, 1.82) is 0 Å². The van der Waals surface area contributed by atoms with Crippen LogP contribution in [0.15, 0.2) is 36.4 Å². The predicted molar refractivity (Wildman–Crippen MR) is 106 cm³/mol. The second-order valence-corrected chi connectivity index (χ2v) is 7.14. The van der Waals surface area contributed by atoms with Crippen LogP contribution in [0.5, 0.6) is 0 Å². The zero-order valence-electron chi connectivity index (χ0n) is 15.8. The van der Waals surface area contributed by atoms with Crippen molar-refractivity contribution in [2.45, 2.75) is 71.6 Å². The first kappa shape index (κ1) is 19.5. The Morgan fingerprint density at radius 2 is 1.72 bits per heavy atom. The summed E-state index contributed by atoms with van der Waals surface area (Å²) in [5.74, 6) is -0.0241. The van der Waals surface area contributed by atoms with Crippen molar-refractivity contribution in [1.82, 2.24) is 0 Å². The number of carbonyl (C=O) groups is 1. The average molecular weight is 341 g/mol. The smallest absolute Gasteiger partial charge is 0.336 e. The van der Waals surface area contributed by atoms with E-state index in [1.807, 2.05) is 30.3 Å². The summed E-state index contributed by atoms with van der Waals surface area (Å²) >= 11 is 0. The number of hydrogen-bond acceptors (Lipinski definition) is 1. The van der Waals surface area contributed by atoms with Gasteiger partial charge in [-0.2, -0.15) is 0 Å². The number of benzene rings is 2. The van der Waals surface area contributed by atoms with Crippen molar-refractivity contribution in [3.63, 3.8) is 0 Å². The summed E-state index contributed by atoms with van der Waals surface area (Å²) in [5, 5.41) is 11.6. The zero-order chi connectivity index (χ0) is 18.1. The van der Waals surface area contributed by atoms with Crippen LogP contribution in [0, 0.1) is 5.92 Å². The van der Waals surface area contributed by atoms with E-state index < -0.39 is 5.97 Å². The molecule has 0 aliphatic heterocycles. The van der Waals surface area contributed by atoms with Crippen LogP contribution in [0.4, 0.5) is 0 Å². The van der Waals surface area contributed by atoms with Crippen molar-refractivity contribution >= 4 is 16.7 Å². The van der Waals surface area contributed by atoms with E-state index in [0.717, 1.165) is 35.1 Å². The van der Waals surface area contributed by atoms with Crippen molar-refractivity contribution in [2.24, 2.45) is 5.92 Å². The van der Waals surface area contributed by atoms with E-state index in [1.165, 1.54) is 44.9 Å². The van der Waals surface area contributed by atoms with E-state index >= 15 is 0 Å². The number of hydrogen-bond donors (Lipinski definition) is 1. The van der Waals surface area contributed by atoms with Crippen LogP contribution < -0.4 is 0 Å². The van der Waals surface area contributed by atoms with Crippen LogP contribution in [0.2, 0.25) is 0 Å². The molecule has 0 heterocycles. The maximum Gasteiger partial charge on any atom is 0.336 e. The Morgan fingerprint density at radius 1 is 0.960 bits per heavy atom. The van der Waals surface area contributed by atoms with Crippen molar-refractivity contribution in [3.05, 3.63) is 47.5 Å². The Labute approximate surface area is 152 Å². The number of aromatic carboxylic acids is 1. The molecule has 1 N–H and O–H groups in total. The zero-order valence-corrected chi connectivity index (χ0v) is 15.8. The highest BCUT2D eigenvalue weighted by Gasteiger charge is 2.14. The van der Waals surface area contributed by atoms with Crippen LogP contribution in [0.3, 0.4) is 0 Å². The first-order chi connectivity index (χ1) is 12.2. The summed E-state index contributed by atoms with van der Waals surface area (Å²) in [4.78, 5) is 11.8. The summed E-state index contributed by atoms with van der Waals surface area (Å²) in [6, 6.07) is 11.8. The first-order valence-electron chi connectivity index (χ1n) is 9.91. The molecule has 2 aromatic carbocycles. The minimum absolute atomic E-state index is 0.495. The highest BCUT2D eigenvalue weighted by atomic mass is 16.4. The summed E-state index contributed by atoms with van der Waals surface area (Å²) in [6.07, 6.45) is 11.0. The summed E-state index contributed by atoms with van der Waals surface area (Å²) in [7, 11) is 0. The van der Waals surface area contributed by atoms with Gasteiger partial charge in [0.2, 0.25) is 0 Å². The standard InChI is InChI=1S/C23H32O2/c1-3-5-6-7-11-18(4-2)12-10-14-20-17-16-19-13-8-9-15-21(19)22(20)23(24)25/h8-9,13,15-18H,3-7,10-12,14H2,1-2H3,(H,24,25). The Kier molecular flexibility index (Phi) is 7.97. The Balaban J connectivity index is 1.98. The van der Waals surface area contributed by atoms with Gasteiger partial charge in [-0.3, -0.25) is 0 Å². The molecular formula is C23H32O2. The monoisotopic (exact) mass is 340 g/mol. The van der Waals surface area contributed by atoms with Gasteiger partial charge in [0.15, 0.2) is 0 Å². The van der Waals surface area contributed by atoms with E-state index in [0.29, 0.717) is 5.56 Å². The molecule has 2 heteroatoms. The molecule has 0 radical (unpaired) electrons. The second kappa shape index (κ2) is 10.2. The molecule has 2 rings (SSSR count). The molecule has 0 amide bonds. The van der Waals surface area contributed by atoms with Gasteiger partial charge >= 0.3 is 5.97 Å². The molecule has 2 aromatic rings. The highest BCUT2D eigenvalue weighted by Crippen LogP contribution is 2.26. The summed E-state index contributed by atoms with van der Waals surface area (Å²) in [6.45, 7) is 4.53. The minimum Gasteiger partial charge on any atom is -0.478 e. The number of carboxylic acid groups (broad SMARTS) is 1. The molecule has 0 fully saturated rings. The Hall–Kier alpha value is -1.83. The third kappa shape index (κ3) is 5.59. The number of carboxylic acids is 1. The maximum absolute atomic E-state index is 11.8. The van der Waals surface area contributed by atoms with E-state index in [1.54, 1.807) is 0 Å². The molecule has 25 heavy (non-hydrogen) atoms. The van der Waals surface area contributed by atoms with Gasteiger partial charge in [-0.15, -0.1) is 0 Å². The second-order valence-electron chi connectivity index (χ2n) is 7.14. The molecule has 0 saturated carbocycles. The quantitative estimate of drug-likeness (QED) is 0.454. The lowest BCUT2D eigenvalue weighted by atomic mass is 9.90. The number of unbranched alkanes of at least 4 members (excludes halogenated alkanes) is 3. The normalized spacial score (nSPS) is 12.4. The van der Waals surface area contributed by atoms with Gasteiger partial charge in [0, 0.05) is 0 Å². The lowest BCUT2D eigenvalue weighted by Gasteiger charge is -2.15. The molecule has 1 atom stereocenters. The fraction of sp³-hybridized carbons (Fsp3) is 0.522. The molecule has 0 aliphatic carbocycles. The summed E-state index contributed by atoms with van der Waals surface area (Å²) in [5.41, 5.74) is 1.47. The highest BCUT2D eigenvalue weighted by molar-refractivity contribution is 6.05. The molecule has 0 spiro atoms. The van der Waals surface area contributed by atoms with Crippen LogP contribution in [0.1, 0.15) is 81.1 Å². The van der Waals surface area contributed by atoms with Gasteiger partial charge in [-0.25, -0.2) is 4.79 Å². The van der Waals surface area contributed by atoms with Crippen molar-refractivity contribution < 1.29 is 9.90 Å². The van der Waals surface area contributed by atoms with Crippen LogP contribution >= 0.6 is 0 Å². The number of rotatable bonds is 11. The molecule has 0 bridgehead atoms. The Morgan fingerprint density at radius 3 is 2.44 bits per heavy atom. The summed E-state index contributed by atoms with van der Waals surface area (Å²) < 4.78 is 0. The topological polar surface area (TPSA) is 37.3 Å². The van der Waals surface area contributed by atoms with Gasteiger partial charge < -0.3 is 5.11 Å². The molecule has 2 nitrogen and oxygen atoms in total. The Bertz CT molecular complexity index is 675. The van der Waals surface area contributed by atoms with Gasteiger partial charge in [-0.1, -0.05) is 95.2 Å². The molecule has 1 unspecified atom stereocenters. The lowest BCUT2D eigenvalue weighted by molar-refractivity contribution is 0.0698. The lowest BCUT2D eigenvalue weighted by Crippen LogP contribution is -2.05. The molecular weight excluding hydrogens is 308 g/mol. The van der Waals surface area contributed by atoms with Crippen LogP contribution in [0.25, 0.3) is 10.8 Å². The average Bonchev–Trinajstić information content (AvgIpc) is 2.63. The van der Waals surface area contributed by atoms with Gasteiger partial charge in [0.05, 0.1) is 5.56 Å². The van der Waals surface area contributed by atoms with Gasteiger partial charge in [0.1, 0.15) is 0 Å². The molecule has 0 aromatic heterocycles. The molecule has 136 valence electrons. The first-order valence-corrected chi connectivity index (χ1v) is 9.91. The number of aryl methyl sites for hydroxylation is 1. The molecule has 0 saturated heterocycles. The maximum atomic E-state index is 11.8. The third-order valence-corrected chi connectivity index (χ3v) is 5.33. The largest absolute Gasteiger partial charge is 0.478 e. The minimum atomic E-state index is -0.807. The fourth-order valence-electron chi connectivity index (χ4n) is 3.77. The van der Waals surface area contributed by atoms with Gasteiger partial charge in [-0.05, 0) is 35.1 Å². The molecule has 0 aliphatic rings. The third-order valence-electron chi connectivity index (χ3n) is 5.33. The van der Waals surface area contributed by atoms with Crippen molar-refractivity contribution in [3.8, 4) is 0 Å². The van der Waals surface area contributed by atoms with E-state index in [-0.39, 0.29) is 0 Å². The van der Waals surface area contributed by atoms with Crippen LogP contribution in [-0.2, 0) is 6.42 Å².